The number of primary amides is 1. The van der Waals surface area contributed by atoms with E-state index in [-0.39, 0.29) is 5.75 Å². The van der Waals surface area contributed by atoms with Crippen molar-refractivity contribution < 1.29 is 22.2 Å². The molecule has 0 fully saturated rings. The van der Waals surface area contributed by atoms with Crippen molar-refractivity contribution in [2.24, 2.45) is 5.73 Å². The SMILES string of the molecule is CC[N+](CC)(CCC=CC(N)=O)CCCS(=O)(=O)[O-]. The van der Waals surface area contributed by atoms with Gasteiger partial charge in [-0.05, 0) is 19.9 Å². The van der Waals surface area contributed by atoms with E-state index in [1.54, 1.807) is 6.08 Å². The van der Waals surface area contributed by atoms with Gasteiger partial charge in [0.15, 0.2) is 0 Å². The van der Waals surface area contributed by atoms with Crippen LogP contribution in [0.1, 0.15) is 26.7 Å². The van der Waals surface area contributed by atoms with E-state index >= 15 is 0 Å². The van der Waals surface area contributed by atoms with E-state index in [0.29, 0.717) is 19.4 Å². The van der Waals surface area contributed by atoms with Crippen molar-refractivity contribution >= 4 is 16.0 Å². The van der Waals surface area contributed by atoms with Crippen LogP contribution < -0.4 is 5.73 Å². The molecule has 1 amide bonds. The smallest absolute Gasteiger partial charge is 0.241 e. The minimum absolute atomic E-state index is 0.315. The van der Waals surface area contributed by atoms with Gasteiger partial charge in [0.25, 0.3) is 0 Å². The van der Waals surface area contributed by atoms with Crippen molar-refractivity contribution in [1.29, 1.82) is 0 Å². The fourth-order valence-electron chi connectivity index (χ4n) is 2.09. The van der Waals surface area contributed by atoms with Gasteiger partial charge in [-0.2, -0.15) is 0 Å². The van der Waals surface area contributed by atoms with Crippen molar-refractivity contribution in [2.75, 3.05) is 31.9 Å². The number of nitrogens with zero attached hydrogens (tertiary/aromatic N) is 1. The predicted octanol–water partition coefficient (Wildman–Crippen LogP) is 0.210. The minimum atomic E-state index is -4.13. The molecule has 0 heterocycles. The molecule has 0 aromatic heterocycles. The van der Waals surface area contributed by atoms with Crippen molar-refractivity contribution in [1.82, 2.24) is 0 Å². The molecule has 0 aromatic carbocycles. The van der Waals surface area contributed by atoms with Gasteiger partial charge in [-0.1, -0.05) is 6.08 Å². The minimum Gasteiger partial charge on any atom is -0.748 e. The molecule has 0 saturated carbocycles. The summed E-state index contributed by atoms with van der Waals surface area (Å²) in [6, 6.07) is 0. The molecular weight excluding hydrogens is 268 g/mol. The second kappa shape index (κ2) is 8.29. The molecule has 0 aliphatic heterocycles. The van der Waals surface area contributed by atoms with E-state index in [1.165, 1.54) is 6.08 Å². The van der Waals surface area contributed by atoms with Gasteiger partial charge < -0.3 is 14.8 Å². The first-order chi connectivity index (χ1) is 8.74. The quantitative estimate of drug-likeness (QED) is 0.353. The number of rotatable bonds is 10. The largest absolute Gasteiger partial charge is 0.748 e. The summed E-state index contributed by atoms with van der Waals surface area (Å²) in [7, 11) is -4.13. The van der Waals surface area contributed by atoms with Crippen LogP contribution in [-0.4, -0.2) is 55.3 Å². The van der Waals surface area contributed by atoms with Crippen molar-refractivity contribution in [3.05, 3.63) is 12.2 Å². The van der Waals surface area contributed by atoms with E-state index in [4.69, 9.17) is 5.73 Å². The highest BCUT2D eigenvalue weighted by atomic mass is 32.2. The van der Waals surface area contributed by atoms with Gasteiger partial charge in [0, 0.05) is 18.6 Å². The zero-order valence-electron chi connectivity index (χ0n) is 11.7. The van der Waals surface area contributed by atoms with Crippen LogP contribution in [0.2, 0.25) is 0 Å². The van der Waals surface area contributed by atoms with Crippen LogP contribution in [0.3, 0.4) is 0 Å². The van der Waals surface area contributed by atoms with Gasteiger partial charge in [0.1, 0.15) is 0 Å². The summed E-state index contributed by atoms with van der Waals surface area (Å²) < 4.78 is 32.5. The summed E-state index contributed by atoms with van der Waals surface area (Å²) in [5, 5.41) is 0. The molecule has 0 aromatic rings. The molecule has 0 unspecified atom stereocenters. The van der Waals surface area contributed by atoms with Gasteiger partial charge in [-0.15, -0.1) is 0 Å². The lowest BCUT2D eigenvalue weighted by atomic mass is 10.2. The Hall–Kier alpha value is -0.920. The van der Waals surface area contributed by atoms with E-state index in [9.17, 15) is 17.8 Å². The number of carbonyl (C=O) groups excluding carboxylic acids is 1. The van der Waals surface area contributed by atoms with Gasteiger partial charge in [-0.25, -0.2) is 8.42 Å². The molecule has 2 N–H and O–H groups in total. The maximum Gasteiger partial charge on any atom is 0.241 e. The molecule has 0 spiro atoms. The Morgan fingerprint density at radius 2 is 1.84 bits per heavy atom. The summed E-state index contributed by atoms with van der Waals surface area (Å²) in [5.74, 6) is -0.784. The standard InChI is InChI=1S/C12H24N2O4S/c1-3-14(4-2,9-6-5-8-12(13)15)10-7-11-19(16,17)18/h5,8H,3-4,6-7,9-11H2,1-2H3,(H2-,13,15,16,17,18). The molecule has 112 valence electrons. The maximum atomic E-state index is 10.6. The highest BCUT2D eigenvalue weighted by molar-refractivity contribution is 7.85. The lowest BCUT2D eigenvalue weighted by molar-refractivity contribution is -0.924. The van der Waals surface area contributed by atoms with Crippen LogP contribution in [0.4, 0.5) is 0 Å². The van der Waals surface area contributed by atoms with Crippen LogP contribution in [0.25, 0.3) is 0 Å². The van der Waals surface area contributed by atoms with Crippen LogP contribution >= 0.6 is 0 Å². The normalized spacial score (nSPS) is 13.0. The number of quaternary nitrogens is 1. The summed E-state index contributed by atoms with van der Waals surface area (Å²) >= 11 is 0. The number of amides is 1. The average molecular weight is 292 g/mol. The zero-order chi connectivity index (χ0) is 14.9. The van der Waals surface area contributed by atoms with Crippen molar-refractivity contribution in [3.8, 4) is 0 Å². The molecular formula is C12H24N2O4S. The highest BCUT2D eigenvalue weighted by Gasteiger charge is 2.21. The molecule has 0 bridgehead atoms. The summed E-state index contributed by atoms with van der Waals surface area (Å²) in [6.45, 7) is 7.24. The summed E-state index contributed by atoms with van der Waals surface area (Å²) in [5.41, 5.74) is 5.00. The highest BCUT2D eigenvalue weighted by Crippen LogP contribution is 2.10. The summed E-state index contributed by atoms with van der Waals surface area (Å²) in [4.78, 5) is 10.6. The lowest BCUT2D eigenvalue weighted by Gasteiger charge is -2.37. The third kappa shape index (κ3) is 8.74. The second-order valence-corrected chi connectivity index (χ2v) is 6.15. The lowest BCUT2D eigenvalue weighted by Crippen LogP contribution is -2.49. The number of hydrogen-bond acceptors (Lipinski definition) is 4. The van der Waals surface area contributed by atoms with Gasteiger partial charge in [0.05, 0.1) is 36.3 Å². The topological polar surface area (TPSA) is 100 Å². The number of hydrogen-bond donors (Lipinski definition) is 1. The molecule has 0 saturated heterocycles. The van der Waals surface area contributed by atoms with Crippen molar-refractivity contribution in [3.63, 3.8) is 0 Å². The Labute approximate surface area is 115 Å². The predicted molar refractivity (Wildman–Crippen MR) is 73.2 cm³/mol. The number of carbonyl (C=O) groups is 1. The Balaban J connectivity index is 4.37. The monoisotopic (exact) mass is 292 g/mol. The molecule has 0 atom stereocenters. The van der Waals surface area contributed by atoms with Crippen LogP contribution in [-0.2, 0) is 14.9 Å². The molecule has 0 rings (SSSR count). The third-order valence-corrected chi connectivity index (χ3v) is 4.21. The second-order valence-electron chi connectivity index (χ2n) is 4.63. The van der Waals surface area contributed by atoms with Gasteiger partial charge in [-0.3, -0.25) is 4.79 Å². The van der Waals surface area contributed by atoms with Crippen molar-refractivity contribution in [2.45, 2.75) is 26.7 Å². The molecule has 19 heavy (non-hydrogen) atoms. The first-order valence-corrected chi connectivity index (χ1v) is 8.07. The fourth-order valence-corrected chi connectivity index (χ4v) is 2.58. The Morgan fingerprint density at radius 3 is 2.26 bits per heavy atom. The molecule has 0 radical (unpaired) electrons. The van der Waals surface area contributed by atoms with E-state index in [2.05, 4.69) is 0 Å². The van der Waals surface area contributed by atoms with Gasteiger partial charge >= 0.3 is 0 Å². The van der Waals surface area contributed by atoms with Gasteiger partial charge in [0.2, 0.25) is 5.91 Å². The van der Waals surface area contributed by atoms with Crippen LogP contribution in [0.5, 0.6) is 0 Å². The Kier molecular flexibility index (Phi) is 7.89. The first-order valence-electron chi connectivity index (χ1n) is 6.49. The molecule has 0 aliphatic rings. The average Bonchev–Trinajstić information content (AvgIpc) is 2.31. The Morgan fingerprint density at radius 1 is 1.26 bits per heavy atom. The van der Waals surface area contributed by atoms with E-state index in [1.807, 2.05) is 13.8 Å². The zero-order valence-corrected chi connectivity index (χ0v) is 12.5. The fraction of sp³-hybridized carbons (Fsp3) is 0.750. The van der Waals surface area contributed by atoms with E-state index < -0.39 is 16.0 Å². The number of nitrogens with two attached hydrogens (primary N) is 1. The first kappa shape index (κ1) is 18.1. The molecule has 0 aliphatic carbocycles. The van der Waals surface area contributed by atoms with Crippen LogP contribution in [0.15, 0.2) is 12.2 Å². The maximum absolute atomic E-state index is 10.6. The molecule has 7 heteroatoms. The summed E-state index contributed by atoms with van der Waals surface area (Å²) in [6.07, 6.45) is 4.13. The molecule has 6 nitrogen and oxygen atoms in total. The third-order valence-electron chi connectivity index (χ3n) is 3.42. The van der Waals surface area contributed by atoms with Crippen LogP contribution in [0, 0.1) is 0 Å². The van der Waals surface area contributed by atoms with E-state index in [0.717, 1.165) is 24.1 Å². The Bertz CT molecular complexity index is 400.